The molecule has 2 aromatic rings. The molecule has 1 aromatic carbocycles. The molecule has 5 nitrogen and oxygen atoms in total. The molecule has 1 heterocycles. The van der Waals surface area contributed by atoms with E-state index in [1.807, 2.05) is 18.2 Å². The number of H-pyrrole nitrogens is 1. The minimum absolute atomic E-state index is 0.104. The zero-order valence-corrected chi connectivity index (χ0v) is 11.3. The molecule has 0 aliphatic rings. The molecule has 0 fully saturated rings. The predicted molar refractivity (Wildman–Crippen MR) is 77.4 cm³/mol. The van der Waals surface area contributed by atoms with E-state index in [9.17, 15) is 4.79 Å². The number of aliphatic imine (C=N–C) groups is 1. The van der Waals surface area contributed by atoms with E-state index in [0.717, 1.165) is 10.9 Å². The molecule has 0 aliphatic carbocycles. The Balaban J connectivity index is 2.42. The first kappa shape index (κ1) is 13.1. The van der Waals surface area contributed by atoms with Crippen LogP contribution in [-0.2, 0) is 0 Å². The van der Waals surface area contributed by atoms with Crippen LogP contribution in [0.2, 0.25) is 0 Å². The molecular formula is C14H18N4O. The molecular weight excluding hydrogens is 240 g/mol. The van der Waals surface area contributed by atoms with E-state index in [1.165, 1.54) is 12.6 Å². The van der Waals surface area contributed by atoms with Crippen LogP contribution in [0.4, 0.5) is 0 Å². The molecule has 4 N–H and O–H groups in total. The smallest absolute Gasteiger partial charge is 0.274 e. The third kappa shape index (κ3) is 2.59. The highest BCUT2D eigenvalue weighted by molar-refractivity contribution is 6.06. The van der Waals surface area contributed by atoms with E-state index in [0.29, 0.717) is 11.6 Å². The van der Waals surface area contributed by atoms with E-state index >= 15 is 0 Å². The second-order valence-electron chi connectivity index (χ2n) is 4.71. The highest BCUT2D eigenvalue weighted by atomic mass is 16.2. The van der Waals surface area contributed by atoms with E-state index in [2.05, 4.69) is 35.2 Å². The fourth-order valence-electron chi connectivity index (χ4n) is 2.04. The lowest BCUT2D eigenvalue weighted by Gasteiger charge is -2.05. The van der Waals surface area contributed by atoms with Gasteiger partial charge in [-0.25, -0.2) is 0 Å². The maximum absolute atomic E-state index is 12.0. The van der Waals surface area contributed by atoms with Gasteiger partial charge in [0.2, 0.25) is 0 Å². The minimum atomic E-state index is -0.283. The fraction of sp³-hybridized carbons (Fsp3) is 0.286. The van der Waals surface area contributed by atoms with Gasteiger partial charge in [0.25, 0.3) is 5.91 Å². The van der Waals surface area contributed by atoms with Gasteiger partial charge in [-0.2, -0.15) is 0 Å². The molecule has 5 heteroatoms. The van der Waals surface area contributed by atoms with Gasteiger partial charge < -0.3 is 10.7 Å². The van der Waals surface area contributed by atoms with Crippen molar-refractivity contribution in [3.05, 3.63) is 35.5 Å². The molecule has 2 rings (SSSR count). The second-order valence-corrected chi connectivity index (χ2v) is 4.71. The summed E-state index contributed by atoms with van der Waals surface area (Å²) in [5.74, 6) is 0.222. The van der Waals surface area contributed by atoms with Crippen molar-refractivity contribution in [3.8, 4) is 0 Å². The van der Waals surface area contributed by atoms with Gasteiger partial charge in [-0.05, 0) is 23.6 Å². The molecule has 1 aromatic heterocycles. The third-order valence-electron chi connectivity index (χ3n) is 3.05. The summed E-state index contributed by atoms with van der Waals surface area (Å²) in [4.78, 5) is 18.8. The molecule has 0 spiro atoms. The van der Waals surface area contributed by atoms with Gasteiger partial charge in [0.1, 0.15) is 5.69 Å². The first-order chi connectivity index (χ1) is 9.02. The van der Waals surface area contributed by atoms with E-state index in [1.54, 1.807) is 0 Å². The molecule has 0 aliphatic heterocycles. The molecule has 0 bridgehead atoms. The zero-order chi connectivity index (χ0) is 14.0. The number of rotatable bonds is 2. The van der Waals surface area contributed by atoms with Crippen LogP contribution >= 0.6 is 0 Å². The molecule has 0 saturated carbocycles. The quantitative estimate of drug-likeness (QED) is 0.568. The van der Waals surface area contributed by atoms with Crippen molar-refractivity contribution >= 4 is 22.8 Å². The Morgan fingerprint density at radius 3 is 2.79 bits per heavy atom. The van der Waals surface area contributed by atoms with Crippen molar-refractivity contribution in [1.82, 2.24) is 10.3 Å². The summed E-state index contributed by atoms with van der Waals surface area (Å²) in [6, 6.07) is 7.86. The van der Waals surface area contributed by atoms with E-state index in [-0.39, 0.29) is 11.9 Å². The number of nitrogens with zero attached hydrogens (tertiary/aromatic N) is 1. The van der Waals surface area contributed by atoms with E-state index in [4.69, 9.17) is 5.73 Å². The average molecular weight is 258 g/mol. The molecule has 100 valence electrons. The van der Waals surface area contributed by atoms with Crippen LogP contribution in [-0.4, -0.2) is 23.9 Å². The summed E-state index contributed by atoms with van der Waals surface area (Å²) in [5.41, 5.74) is 8.13. The summed E-state index contributed by atoms with van der Waals surface area (Å²) >= 11 is 0. The zero-order valence-electron chi connectivity index (χ0n) is 11.3. The summed E-state index contributed by atoms with van der Waals surface area (Å²) < 4.78 is 0. The minimum Gasteiger partial charge on any atom is -0.370 e. The number of aromatic nitrogens is 1. The van der Waals surface area contributed by atoms with Crippen molar-refractivity contribution in [2.24, 2.45) is 10.7 Å². The Morgan fingerprint density at radius 1 is 1.42 bits per heavy atom. The van der Waals surface area contributed by atoms with Crippen LogP contribution in [0.25, 0.3) is 10.9 Å². The summed E-state index contributed by atoms with van der Waals surface area (Å²) in [6.45, 7) is 4.26. The number of hydrogen-bond acceptors (Lipinski definition) is 2. The number of carbonyl (C=O) groups is 1. The normalized spacial score (nSPS) is 12.1. The van der Waals surface area contributed by atoms with Crippen molar-refractivity contribution in [2.75, 3.05) is 7.05 Å². The molecule has 1 amide bonds. The molecule has 0 atom stereocenters. The van der Waals surface area contributed by atoms with Crippen LogP contribution < -0.4 is 11.1 Å². The highest BCUT2D eigenvalue weighted by Crippen LogP contribution is 2.25. The van der Waals surface area contributed by atoms with Gasteiger partial charge in [0.15, 0.2) is 5.96 Å². The summed E-state index contributed by atoms with van der Waals surface area (Å²) in [5, 5.41) is 3.58. The largest absolute Gasteiger partial charge is 0.370 e. The van der Waals surface area contributed by atoms with Gasteiger partial charge in [-0.15, -0.1) is 0 Å². The Bertz CT molecular complexity index is 640. The number of carbonyl (C=O) groups excluding carboxylic acids is 1. The maximum atomic E-state index is 12.0. The number of nitrogens with two attached hydrogens (primary N) is 1. The molecule has 0 saturated heterocycles. The Kier molecular flexibility index (Phi) is 3.55. The lowest BCUT2D eigenvalue weighted by atomic mass is 9.99. The second kappa shape index (κ2) is 5.14. The predicted octanol–water partition coefficient (Wildman–Crippen LogP) is 1.97. The van der Waals surface area contributed by atoms with Crippen LogP contribution in [0.15, 0.2) is 29.3 Å². The lowest BCUT2D eigenvalue weighted by molar-refractivity contribution is 0.0972. The molecule has 0 unspecified atom stereocenters. The van der Waals surface area contributed by atoms with Gasteiger partial charge in [-0.1, -0.05) is 26.0 Å². The van der Waals surface area contributed by atoms with Crippen LogP contribution in [0, 0.1) is 0 Å². The number of fused-ring (bicyclic) bond motifs is 1. The van der Waals surface area contributed by atoms with Crippen LogP contribution in [0.5, 0.6) is 0 Å². The molecule has 0 radical (unpaired) electrons. The Labute approximate surface area is 111 Å². The number of nitrogens with one attached hydrogen (secondary N) is 2. The number of benzene rings is 1. The SMILES string of the molecule is CN=C(N)NC(=O)c1cc2c(C(C)C)cccc2[nH]1. The fourth-order valence-corrected chi connectivity index (χ4v) is 2.04. The summed E-state index contributed by atoms with van der Waals surface area (Å²) in [6.07, 6.45) is 0. The number of aromatic amines is 1. The first-order valence-corrected chi connectivity index (χ1v) is 6.18. The van der Waals surface area contributed by atoms with Crippen LogP contribution in [0.3, 0.4) is 0 Å². The lowest BCUT2D eigenvalue weighted by Crippen LogP contribution is -2.36. The average Bonchev–Trinajstić information content (AvgIpc) is 2.81. The molecule has 19 heavy (non-hydrogen) atoms. The Hall–Kier alpha value is -2.30. The summed E-state index contributed by atoms with van der Waals surface area (Å²) in [7, 11) is 1.53. The monoisotopic (exact) mass is 258 g/mol. The van der Waals surface area contributed by atoms with Crippen molar-refractivity contribution in [1.29, 1.82) is 0 Å². The number of hydrogen-bond donors (Lipinski definition) is 3. The number of guanidine groups is 1. The maximum Gasteiger partial charge on any atom is 0.274 e. The first-order valence-electron chi connectivity index (χ1n) is 6.18. The number of amides is 1. The van der Waals surface area contributed by atoms with Gasteiger partial charge in [0.05, 0.1) is 0 Å². The van der Waals surface area contributed by atoms with Gasteiger partial charge in [0, 0.05) is 18.0 Å². The van der Waals surface area contributed by atoms with E-state index < -0.39 is 0 Å². The highest BCUT2D eigenvalue weighted by Gasteiger charge is 2.13. The van der Waals surface area contributed by atoms with Crippen molar-refractivity contribution in [2.45, 2.75) is 19.8 Å². The van der Waals surface area contributed by atoms with Gasteiger partial charge in [-0.3, -0.25) is 15.1 Å². The standard InChI is InChI=1S/C14H18N4O/c1-8(2)9-5-4-6-11-10(9)7-12(17-11)13(19)18-14(15)16-3/h4-8,17H,1-3H3,(H3,15,16,18,19). The third-order valence-corrected chi connectivity index (χ3v) is 3.05. The van der Waals surface area contributed by atoms with Crippen LogP contribution in [0.1, 0.15) is 35.8 Å². The Morgan fingerprint density at radius 2 is 2.16 bits per heavy atom. The van der Waals surface area contributed by atoms with Crippen molar-refractivity contribution in [3.63, 3.8) is 0 Å². The topological polar surface area (TPSA) is 83.3 Å². The van der Waals surface area contributed by atoms with Gasteiger partial charge >= 0.3 is 0 Å². The van der Waals surface area contributed by atoms with Crippen molar-refractivity contribution < 1.29 is 4.79 Å².